The number of benzene rings is 1. The highest BCUT2D eigenvalue weighted by molar-refractivity contribution is 7.99. The second kappa shape index (κ2) is 5.76. The predicted molar refractivity (Wildman–Crippen MR) is 75.6 cm³/mol. The van der Waals surface area contributed by atoms with Gasteiger partial charge in [-0.1, -0.05) is 13.8 Å². The van der Waals surface area contributed by atoms with E-state index in [2.05, 4.69) is 19.2 Å². The number of hydrogen-bond acceptors (Lipinski definition) is 3. The smallest absolute Gasteiger partial charge is 0.134 e. The average molecular weight is 267 g/mol. The molecule has 1 aromatic heterocycles. The van der Waals surface area contributed by atoms with Crippen LogP contribution in [-0.2, 0) is 0 Å². The summed E-state index contributed by atoms with van der Waals surface area (Å²) in [5.41, 5.74) is 0.737. The third-order valence-corrected chi connectivity index (χ3v) is 3.98. The minimum absolute atomic E-state index is 0.160. The van der Waals surface area contributed by atoms with Crippen LogP contribution in [0.1, 0.15) is 25.6 Å². The largest absolute Gasteiger partial charge is 0.459 e. The number of furan rings is 1. The Labute approximate surface area is 111 Å². The maximum absolute atomic E-state index is 13.1. The van der Waals surface area contributed by atoms with Gasteiger partial charge in [0.1, 0.15) is 17.2 Å². The van der Waals surface area contributed by atoms with E-state index in [0.29, 0.717) is 5.25 Å². The fourth-order valence-corrected chi connectivity index (χ4v) is 2.71. The molecule has 0 spiro atoms. The molecule has 0 radical (unpaired) electrons. The van der Waals surface area contributed by atoms with Crippen molar-refractivity contribution >= 4 is 22.7 Å². The molecule has 1 unspecified atom stereocenters. The minimum atomic E-state index is -0.229. The van der Waals surface area contributed by atoms with Gasteiger partial charge in [-0.05, 0) is 36.6 Å². The Hall–Kier alpha value is -1.00. The molecule has 1 heterocycles. The lowest BCUT2D eigenvalue weighted by Gasteiger charge is -2.14. The molecule has 4 heteroatoms. The number of thioether (sulfide) groups is 1. The summed E-state index contributed by atoms with van der Waals surface area (Å²) in [6.07, 6.45) is 0. The topological polar surface area (TPSA) is 25.2 Å². The summed E-state index contributed by atoms with van der Waals surface area (Å²) < 4.78 is 18.9. The zero-order valence-electron chi connectivity index (χ0n) is 10.9. The van der Waals surface area contributed by atoms with E-state index in [4.69, 9.17) is 4.42 Å². The summed E-state index contributed by atoms with van der Waals surface area (Å²) >= 11 is 1.88. The first-order valence-electron chi connectivity index (χ1n) is 6.08. The third-order valence-electron chi connectivity index (χ3n) is 2.79. The third kappa shape index (κ3) is 3.06. The Morgan fingerprint density at radius 1 is 1.33 bits per heavy atom. The van der Waals surface area contributed by atoms with Gasteiger partial charge in [0.25, 0.3) is 0 Å². The van der Waals surface area contributed by atoms with E-state index in [1.54, 1.807) is 6.07 Å². The highest BCUT2D eigenvalue weighted by Gasteiger charge is 2.15. The summed E-state index contributed by atoms with van der Waals surface area (Å²) in [6, 6.07) is 6.68. The Kier molecular flexibility index (Phi) is 4.30. The second-order valence-electron chi connectivity index (χ2n) is 4.55. The van der Waals surface area contributed by atoms with Gasteiger partial charge in [-0.15, -0.1) is 0 Å². The minimum Gasteiger partial charge on any atom is -0.459 e. The predicted octanol–water partition coefficient (Wildman–Crippen LogP) is 3.97. The van der Waals surface area contributed by atoms with Crippen LogP contribution >= 0.6 is 11.8 Å². The summed E-state index contributed by atoms with van der Waals surface area (Å²) in [7, 11) is 1.92. The highest BCUT2D eigenvalue weighted by atomic mass is 32.2. The Balaban J connectivity index is 2.22. The molecule has 1 aromatic carbocycles. The first-order chi connectivity index (χ1) is 8.60. The van der Waals surface area contributed by atoms with Crippen molar-refractivity contribution in [3.8, 4) is 0 Å². The molecule has 18 heavy (non-hydrogen) atoms. The number of nitrogens with one attached hydrogen (secondary N) is 1. The fraction of sp³-hybridized carbons (Fsp3) is 0.429. The van der Waals surface area contributed by atoms with E-state index in [-0.39, 0.29) is 11.9 Å². The summed E-state index contributed by atoms with van der Waals surface area (Å²) in [5.74, 6) is 1.58. The van der Waals surface area contributed by atoms with Gasteiger partial charge in [0.2, 0.25) is 0 Å². The van der Waals surface area contributed by atoms with Gasteiger partial charge in [-0.3, -0.25) is 0 Å². The maximum Gasteiger partial charge on any atom is 0.134 e. The van der Waals surface area contributed by atoms with Crippen LogP contribution in [-0.4, -0.2) is 18.1 Å². The van der Waals surface area contributed by atoms with Gasteiger partial charge in [-0.2, -0.15) is 11.8 Å². The van der Waals surface area contributed by atoms with Gasteiger partial charge in [0.05, 0.1) is 6.04 Å². The van der Waals surface area contributed by atoms with Crippen molar-refractivity contribution < 1.29 is 8.81 Å². The zero-order valence-corrected chi connectivity index (χ0v) is 11.7. The van der Waals surface area contributed by atoms with Gasteiger partial charge in [-0.25, -0.2) is 4.39 Å². The molecular formula is C14H18FNOS. The van der Waals surface area contributed by atoms with Crippen LogP contribution < -0.4 is 5.32 Å². The van der Waals surface area contributed by atoms with Crippen LogP contribution in [0.15, 0.2) is 28.7 Å². The monoisotopic (exact) mass is 267 g/mol. The van der Waals surface area contributed by atoms with E-state index < -0.39 is 0 Å². The maximum atomic E-state index is 13.1. The van der Waals surface area contributed by atoms with E-state index in [1.807, 2.05) is 24.9 Å². The molecule has 98 valence electrons. The van der Waals surface area contributed by atoms with Gasteiger partial charge in [0.15, 0.2) is 0 Å². The van der Waals surface area contributed by atoms with Crippen molar-refractivity contribution in [1.29, 1.82) is 0 Å². The normalized spacial score (nSPS) is 13.4. The van der Waals surface area contributed by atoms with Crippen molar-refractivity contribution in [2.45, 2.75) is 25.1 Å². The van der Waals surface area contributed by atoms with Crippen LogP contribution in [0, 0.1) is 5.82 Å². The van der Waals surface area contributed by atoms with E-state index in [0.717, 1.165) is 22.5 Å². The lowest BCUT2D eigenvalue weighted by Crippen LogP contribution is -2.18. The fourth-order valence-electron chi connectivity index (χ4n) is 1.80. The number of fused-ring (bicyclic) bond motifs is 1. The average Bonchev–Trinajstić information content (AvgIpc) is 2.72. The molecule has 1 atom stereocenters. The van der Waals surface area contributed by atoms with Crippen LogP contribution in [0.2, 0.25) is 0 Å². The molecule has 1 N–H and O–H groups in total. The summed E-state index contributed by atoms with van der Waals surface area (Å²) in [5, 5.41) is 4.65. The van der Waals surface area contributed by atoms with Crippen LogP contribution in [0.5, 0.6) is 0 Å². The lowest BCUT2D eigenvalue weighted by molar-refractivity contribution is 0.478. The number of rotatable bonds is 5. The van der Waals surface area contributed by atoms with E-state index in [9.17, 15) is 4.39 Å². The molecular weight excluding hydrogens is 249 g/mol. The molecule has 0 amide bonds. The highest BCUT2D eigenvalue weighted by Crippen LogP contribution is 2.27. The summed E-state index contributed by atoms with van der Waals surface area (Å²) in [4.78, 5) is 0. The van der Waals surface area contributed by atoms with Crippen LogP contribution in [0.3, 0.4) is 0 Å². The van der Waals surface area contributed by atoms with Gasteiger partial charge in [0, 0.05) is 11.1 Å². The van der Waals surface area contributed by atoms with Crippen molar-refractivity contribution in [3.63, 3.8) is 0 Å². The molecule has 0 bridgehead atoms. The number of hydrogen-bond donors (Lipinski definition) is 1. The van der Waals surface area contributed by atoms with E-state index >= 15 is 0 Å². The molecule has 0 saturated heterocycles. The van der Waals surface area contributed by atoms with Crippen molar-refractivity contribution in [3.05, 3.63) is 35.8 Å². The molecule has 0 aliphatic heterocycles. The SMILES string of the molecule is CNC(CSC(C)C)c1cc2cc(F)ccc2o1. The summed E-state index contributed by atoms with van der Waals surface area (Å²) in [6.45, 7) is 4.34. The molecule has 0 aliphatic rings. The van der Waals surface area contributed by atoms with Gasteiger partial charge < -0.3 is 9.73 Å². The first-order valence-corrected chi connectivity index (χ1v) is 7.13. The molecule has 2 nitrogen and oxygen atoms in total. The second-order valence-corrected chi connectivity index (χ2v) is 6.16. The molecule has 2 aromatic rings. The van der Waals surface area contributed by atoms with Crippen molar-refractivity contribution in [1.82, 2.24) is 5.32 Å². The molecule has 0 saturated carbocycles. The van der Waals surface area contributed by atoms with E-state index in [1.165, 1.54) is 12.1 Å². The van der Waals surface area contributed by atoms with Crippen molar-refractivity contribution in [2.24, 2.45) is 0 Å². The Morgan fingerprint density at radius 2 is 2.11 bits per heavy atom. The van der Waals surface area contributed by atoms with Gasteiger partial charge >= 0.3 is 0 Å². The standard InChI is InChI=1S/C14H18FNOS/c1-9(2)18-8-12(16-3)14-7-10-6-11(15)4-5-13(10)17-14/h4-7,9,12,16H,8H2,1-3H3. The van der Waals surface area contributed by atoms with Crippen molar-refractivity contribution in [2.75, 3.05) is 12.8 Å². The zero-order chi connectivity index (χ0) is 13.1. The lowest BCUT2D eigenvalue weighted by atomic mass is 10.2. The quantitative estimate of drug-likeness (QED) is 0.887. The molecule has 0 fully saturated rings. The molecule has 2 rings (SSSR count). The number of halogens is 1. The van der Waals surface area contributed by atoms with Crippen LogP contribution in [0.4, 0.5) is 4.39 Å². The first kappa shape index (κ1) is 13.4. The Morgan fingerprint density at radius 3 is 2.78 bits per heavy atom. The Bertz CT molecular complexity index is 523. The molecule has 0 aliphatic carbocycles. The van der Waals surface area contributed by atoms with Crippen LogP contribution in [0.25, 0.3) is 11.0 Å².